The Hall–Kier alpha value is -2.44. The van der Waals surface area contributed by atoms with Gasteiger partial charge in [-0.3, -0.25) is 14.0 Å². The van der Waals surface area contributed by atoms with Gasteiger partial charge in [0.2, 0.25) is 0 Å². The molecule has 2 rings (SSSR count). The highest BCUT2D eigenvalue weighted by molar-refractivity contribution is 5.94. The summed E-state index contributed by atoms with van der Waals surface area (Å²) in [6.45, 7) is 3.58. The Kier molecular flexibility index (Phi) is 3.97. The highest BCUT2D eigenvalue weighted by Crippen LogP contribution is 2.07. The minimum Gasteiger partial charge on any atom is -0.481 e. The molecule has 0 saturated carbocycles. The zero-order valence-electron chi connectivity index (χ0n) is 11.3. The van der Waals surface area contributed by atoms with E-state index in [0.29, 0.717) is 23.5 Å². The number of nitrogens with one attached hydrogen (secondary N) is 1. The molecule has 2 aromatic heterocycles. The van der Waals surface area contributed by atoms with E-state index in [9.17, 15) is 9.59 Å². The quantitative estimate of drug-likeness (QED) is 0.850. The van der Waals surface area contributed by atoms with Crippen molar-refractivity contribution in [2.24, 2.45) is 0 Å². The summed E-state index contributed by atoms with van der Waals surface area (Å²) in [5.74, 6) is -0.404. The van der Waals surface area contributed by atoms with Gasteiger partial charge in [-0.25, -0.2) is 0 Å². The van der Waals surface area contributed by atoms with Gasteiger partial charge in [-0.05, 0) is 32.4 Å². The van der Waals surface area contributed by atoms with Crippen molar-refractivity contribution in [1.29, 1.82) is 0 Å². The number of carbonyl (C=O) groups is 2. The summed E-state index contributed by atoms with van der Waals surface area (Å²) in [7, 11) is 0. The van der Waals surface area contributed by atoms with E-state index < -0.39 is 5.97 Å². The van der Waals surface area contributed by atoms with Gasteiger partial charge in [-0.15, -0.1) is 10.2 Å². The van der Waals surface area contributed by atoms with Crippen molar-refractivity contribution in [2.45, 2.75) is 32.7 Å². The van der Waals surface area contributed by atoms with Gasteiger partial charge in [0, 0.05) is 18.7 Å². The van der Waals surface area contributed by atoms with Crippen molar-refractivity contribution >= 4 is 17.5 Å². The highest BCUT2D eigenvalue weighted by atomic mass is 16.4. The molecule has 1 atom stereocenters. The zero-order valence-corrected chi connectivity index (χ0v) is 11.3. The zero-order chi connectivity index (χ0) is 14.7. The highest BCUT2D eigenvalue weighted by Gasteiger charge is 2.12. The third kappa shape index (κ3) is 3.11. The molecule has 7 nitrogen and oxygen atoms in total. The monoisotopic (exact) mass is 276 g/mol. The average molecular weight is 276 g/mol. The van der Waals surface area contributed by atoms with Crippen molar-refractivity contribution < 1.29 is 14.7 Å². The molecule has 1 amide bonds. The van der Waals surface area contributed by atoms with Crippen molar-refractivity contribution in [3.8, 4) is 0 Å². The lowest BCUT2D eigenvalue weighted by Gasteiger charge is -2.12. The number of carboxylic acid groups (broad SMARTS) is 1. The molecule has 0 radical (unpaired) electrons. The Labute approximate surface area is 115 Å². The molecule has 1 unspecified atom stereocenters. The summed E-state index contributed by atoms with van der Waals surface area (Å²) in [6.07, 6.45) is 2.10. The molecule has 7 heteroatoms. The van der Waals surface area contributed by atoms with Crippen molar-refractivity contribution in [3.05, 3.63) is 29.7 Å². The largest absolute Gasteiger partial charge is 0.481 e. The van der Waals surface area contributed by atoms with Gasteiger partial charge in [0.25, 0.3) is 5.91 Å². The molecule has 2 N–H and O–H groups in total. The van der Waals surface area contributed by atoms with Crippen LogP contribution in [0, 0.1) is 6.92 Å². The van der Waals surface area contributed by atoms with E-state index in [0.717, 1.165) is 0 Å². The maximum Gasteiger partial charge on any atom is 0.303 e. The van der Waals surface area contributed by atoms with E-state index in [-0.39, 0.29) is 18.4 Å². The minimum absolute atomic E-state index is 0.0328. The smallest absolute Gasteiger partial charge is 0.303 e. The van der Waals surface area contributed by atoms with Crippen molar-refractivity contribution in [2.75, 3.05) is 0 Å². The topological polar surface area (TPSA) is 96.6 Å². The molecule has 0 aliphatic heterocycles. The molecular weight excluding hydrogens is 260 g/mol. The molecule has 20 heavy (non-hydrogen) atoms. The maximum absolute atomic E-state index is 12.1. The van der Waals surface area contributed by atoms with Gasteiger partial charge in [0.1, 0.15) is 5.82 Å². The molecule has 0 fully saturated rings. The van der Waals surface area contributed by atoms with Gasteiger partial charge in [0.05, 0.1) is 5.56 Å². The van der Waals surface area contributed by atoms with Crippen LogP contribution in [0.1, 0.15) is 35.9 Å². The van der Waals surface area contributed by atoms with Crippen LogP contribution in [-0.4, -0.2) is 37.6 Å². The average Bonchev–Trinajstić information content (AvgIpc) is 2.77. The number of amides is 1. The van der Waals surface area contributed by atoms with Crippen LogP contribution in [-0.2, 0) is 4.79 Å². The number of aryl methyl sites for hydroxylation is 1. The second kappa shape index (κ2) is 5.68. The van der Waals surface area contributed by atoms with Crippen LogP contribution in [0.5, 0.6) is 0 Å². The number of fused-ring (bicyclic) bond motifs is 1. The standard InChI is InChI=1S/C13H16N4O3/c1-8(3-6-12(18)19)14-13(20)10-4-5-11-16-15-9(2)17(11)7-10/h4-5,7-8H,3,6H2,1-2H3,(H,14,20)(H,18,19). The maximum atomic E-state index is 12.1. The number of aliphatic carboxylic acids is 1. The first-order valence-electron chi connectivity index (χ1n) is 6.31. The molecule has 0 bridgehead atoms. The minimum atomic E-state index is -0.868. The van der Waals surface area contributed by atoms with Gasteiger partial charge < -0.3 is 10.4 Å². The predicted molar refractivity (Wildman–Crippen MR) is 71.5 cm³/mol. The number of carboxylic acids is 1. The number of aromatic nitrogens is 3. The molecule has 0 aromatic carbocycles. The Morgan fingerprint density at radius 3 is 2.85 bits per heavy atom. The van der Waals surface area contributed by atoms with Gasteiger partial charge in [0.15, 0.2) is 5.65 Å². The Bertz CT molecular complexity index is 650. The van der Waals surface area contributed by atoms with E-state index >= 15 is 0 Å². The van der Waals surface area contributed by atoms with E-state index in [2.05, 4.69) is 15.5 Å². The number of rotatable bonds is 5. The molecule has 0 spiro atoms. The molecular formula is C13H16N4O3. The lowest BCUT2D eigenvalue weighted by atomic mass is 10.1. The molecule has 0 aliphatic carbocycles. The molecule has 2 aromatic rings. The Morgan fingerprint density at radius 1 is 1.40 bits per heavy atom. The fourth-order valence-electron chi connectivity index (χ4n) is 1.86. The van der Waals surface area contributed by atoms with Gasteiger partial charge >= 0.3 is 5.97 Å². The molecule has 0 aliphatic rings. The SMILES string of the molecule is Cc1nnc2ccc(C(=O)NC(C)CCC(=O)O)cn12. The third-order valence-corrected chi connectivity index (χ3v) is 3.00. The fraction of sp³-hybridized carbons (Fsp3) is 0.385. The fourth-order valence-corrected chi connectivity index (χ4v) is 1.86. The van der Waals surface area contributed by atoms with E-state index in [1.165, 1.54) is 0 Å². The lowest BCUT2D eigenvalue weighted by molar-refractivity contribution is -0.137. The first-order chi connectivity index (χ1) is 9.47. The van der Waals surface area contributed by atoms with Crippen LogP contribution in [0.2, 0.25) is 0 Å². The van der Waals surface area contributed by atoms with E-state index in [4.69, 9.17) is 5.11 Å². The Morgan fingerprint density at radius 2 is 2.15 bits per heavy atom. The van der Waals surface area contributed by atoms with Crippen LogP contribution in [0.25, 0.3) is 5.65 Å². The number of pyridine rings is 1. The van der Waals surface area contributed by atoms with Crippen LogP contribution in [0.15, 0.2) is 18.3 Å². The lowest BCUT2D eigenvalue weighted by Crippen LogP contribution is -2.33. The first-order valence-corrected chi connectivity index (χ1v) is 6.31. The normalized spacial score (nSPS) is 12.3. The first kappa shape index (κ1) is 14.0. The summed E-state index contributed by atoms with van der Waals surface area (Å²) in [5, 5.41) is 19.2. The summed E-state index contributed by atoms with van der Waals surface area (Å²) >= 11 is 0. The van der Waals surface area contributed by atoms with Crippen molar-refractivity contribution in [3.63, 3.8) is 0 Å². The number of hydrogen-bond donors (Lipinski definition) is 2. The van der Waals surface area contributed by atoms with Crippen LogP contribution < -0.4 is 5.32 Å². The van der Waals surface area contributed by atoms with Gasteiger partial charge in [-0.2, -0.15) is 0 Å². The Balaban J connectivity index is 2.07. The van der Waals surface area contributed by atoms with Crippen LogP contribution in [0.4, 0.5) is 0 Å². The summed E-state index contributed by atoms with van der Waals surface area (Å²) in [5.41, 5.74) is 1.17. The second-order valence-electron chi connectivity index (χ2n) is 4.70. The van der Waals surface area contributed by atoms with Crippen LogP contribution >= 0.6 is 0 Å². The molecule has 0 saturated heterocycles. The van der Waals surface area contributed by atoms with E-state index in [1.54, 1.807) is 36.6 Å². The third-order valence-electron chi connectivity index (χ3n) is 3.00. The van der Waals surface area contributed by atoms with Crippen molar-refractivity contribution in [1.82, 2.24) is 19.9 Å². The number of nitrogens with zero attached hydrogens (tertiary/aromatic N) is 3. The molecule has 106 valence electrons. The van der Waals surface area contributed by atoms with Gasteiger partial charge in [-0.1, -0.05) is 0 Å². The summed E-state index contributed by atoms with van der Waals surface area (Å²) in [6, 6.07) is 3.19. The predicted octanol–water partition coefficient (Wildman–Crippen LogP) is 1.02. The van der Waals surface area contributed by atoms with E-state index in [1.807, 2.05) is 0 Å². The van der Waals surface area contributed by atoms with Crippen LogP contribution in [0.3, 0.4) is 0 Å². The number of carbonyl (C=O) groups excluding carboxylic acids is 1. The number of hydrogen-bond acceptors (Lipinski definition) is 4. The molecule has 2 heterocycles. The second-order valence-corrected chi connectivity index (χ2v) is 4.70. The summed E-state index contributed by atoms with van der Waals surface area (Å²) < 4.78 is 1.73. The summed E-state index contributed by atoms with van der Waals surface area (Å²) in [4.78, 5) is 22.5.